The number of hydrogen-bond acceptors (Lipinski definition) is 5. The van der Waals surface area contributed by atoms with E-state index in [4.69, 9.17) is 4.52 Å². The number of aromatic nitrogens is 1. The topological polar surface area (TPSA) is 35.8 Å². The minimum absolute atomic E-state index is 0.684. The second-order valence-electron chi connectivity index (χ2n) is 6.88. The zero-order valence-corrected chi connectivity index (χ0v) is 14.2. The van der Waals surface area contributed by atoms with E-state index in [1.807, 2.05) is 6.07 Å². The minimum atomic E-state index is 0.684. The predicted octanol–water partition coefficient (Wildman–Crippen LogP) is 2.46. The third-order valence-electron chi connectivity index (χ3n) is 5.31. The van der Waals surface area contributed by atoms with Gasteiger partial charge in [0.05, 0.1) is 5.69 Å². The molecule has 2 aliphatic heterocycles. The third kappa shape index (κ3) is 3.62. The molecule has 5 nitrogen and oxygen atoms in total. The average molecular weight is 326 g/mol. The molecule has 24 heavy (non-hydrogen) atoms. The molecule has 0 amide bonds. The van der Waals surface area contributed by atoms with Crippen LogP contribution in [0, 0.1) is 0 Å². The van der Waals surface area contributed by atoms with E-state index in [2.05, 4.69) is 50.2 Å². The number of piperazine rings is 1. The van der Waals surface area contributed by atoms with Gasteiger partial charge in [-0.1, -0.05) is 23.4 Å². The van der Waals surface area contributed by atoms with Gasteiger partial charge in [0, 0.05) is 57.1 Å². The van der Waals surface area contributed by atoms with Gasteiger partial charge in [0.15, 0.2) is 0 Å². The van der Waals surface area contributed by atoms with E-state index in [9.17, 15) is 0 Å². The summed E-state index contributed by atoms with van der Waals surface area (Å²) in [7, 11) is 0. The Bertz CT molecular complexity index is 608. The van der Waals surface area contributed by atoms with Crippen LogP contribution in [0.4, 0.5) is 5.69 Å². The van der Waals surface area contributed by atoms with Crippen molar-refractivity contribution >= 4 is 5.69 Å². The van der Waals surface area contributed by atoms with Gasteiger partial charge < -0.3 is 9.42 Å². The van der Waals surface area contributed by atoms with Crippen LogP contribution < -0.4 is 4.90 Å². The standard InChI is InChI=1S/C19H26N4O/c1-2-5-18(6-3-1)22-10-12-23(13-11-22)19-7-4-9-21(16-19)15-17-8-14-24-20-17/h1-3,5-6,8,14,19H,4,7,9-13,15-16H2/t19-/m0/s1. The van der Waals surface area contributed by atoms with Crippen molar-refractivity contribution in [1.82, 2.24) is 15.0 Å². The van der Waals surface area contributed by atoms with Crippen molar-refractivity contribution in [3.05, 3.63) is 48.4 Å². The van der Waals surface area contributed by atoms with Crippen LogP contribution in [-0.2, 0) is 6.54 Å². The molecule has 1 atom stereocenters. The Morgan fingerprint density at radius 2 is 1.83 bits per heavy atom. The van der Waals surface area contributed by atoms with Crippen molar-refractivity contribution in [3.8, 4) is 0 Å². The lowest BCUT2D eigenvalue weighted by molar-refractivity contribution is 0.0875. The Hall–Kier alpha value is -1.85. The average Bonchev–Trinajstić information content (AvgIpc) is 3.16. The SMILES string of the molecule is c1ccc(N2CCN([C@H]3CCCN(Cc4ccon4)C3)CC2)cc1. The summed E-state index contributed by atoms with van der Waals surface area (Å²) < 4.78 is 4.96. The number of nitrogens with zero attached hydrogens (tertiary/aromatic N) is 4. The van der Waals surface area contributed by atoms with Gasteiger partial charge in [-0.05, 0) is 31.5 Å². The zero-order valence-electron chi connectivity index (χ0n) is 14.2. The summed E-state index contributed by atoms with van der Waals surface area (Å²) in [5.74, 6) is 0. The summed E-state index contributed by atoms with van der Waals surface area (Å²) in [4.78, 5) is 7.72. The molecule has 5 heteroatoms. The summed E-state index contributed by atoms with van der Waals surface area (Å²) in [6.07, 6.45) is 4.27. The van der Waals surface area contributed by atoms with Gasteiger partial charge >= 0.3 is 0 Å². The molecular weight excluding hydrogens is 300 g/mol. The van der Waals surface area contributed by atoms with Gasteiger partial charge in [-0.15, -0.1) is 0 Å². The molecule has 2 fully saturated rings. The number of anilines is 1. The number of rotatable bonds is 4. The summed E-state index contributed by atoms with van der Waals surface area (Å²) in [6.45, 7) is 7.82. The minimum Gasteiger partial charge on any atom is -0.369 e. The highest BCUT2D eigenvalue weighted by molar-refractivity contribution is 5.46. The van der Waals surface area contributed by atoms with E-state index < -0.39 is 0 Å². The summed E-state index contributed by atoms with van der Waals surface area (Å²) >= 11 is 0. The maximum Gasteiger partial charge on any atom is 0.124 e. The summed E-state index contributed by atoms with van der Waals surface area (Å²) in [5.41, 5.74) is 2.40. The largest absolute Gasteiger partial charge is 0.369 e. The first-order valence-electron chi connectivity index (χ1n) is 9.04. The van der Waals surface area contributed by atoms with Gasteiger partial charge in [0.2, 0.25) is 0 Å². The fourth-order valence-corrected chi connectivity index (χ4v) is 4.01. The predicted molar refractivity (Wildman–Crippen MR) is 95.0 cm³/mol. The first-order valence-corrected chi connectivity index (χ1v) is 9.04. The number of benzene rings is 1. The molecule has 0 bridgehead atoms. The van der Waals surface area contributed by atoms with Crippen LogP contribution in [-0.4, -0.2) is 60.3 Å². The lowest BCUT2D eigenvalue weighted by Crippen LogP contribution is -2.55. The van der Waals surface area contributed by atoms with Crippen molar-refractivity contribution in [2.75, 3.05) is 44.2 Å². The summed E-state index contributed by atoms with van der Waals surface area (Å²) in [6, 6.07) is 13.4. The molecule has 2 aromatic rings. The molecule has 3 heterocycles. The molecule has 128 valence electrons. The summed E-state index contributed by atoms with van der Waals surface area (Å²) in [5, 5.41) is 4.05. The molecule has 0 unspecified atom stereocenters. The van der Waals surface area contributed by atoms with Crippen LogP contribution in [0.2, 0.25) is 0 Å². The van der Waals surface area contributed by atoms with Crippen molar-refractivity contribution in [2.24, 2.45) is 0 Å². The van der Waals surface area contributed by atoms with E-state index >= 15 is 0 Å². The monoisotopic (exact) mass is 326 g/mol. The number of para-hydroxylation sites is 1. The molecule has 1 aromatic carbocycles. The molecule has 0 saturated carbocycles. The first-order chi connectivity index (χ1) is 11.9. The Balaban J connectivity index is 1.30. The second kappa shape index (κ2) is 7.36. The van der Waals surface area contributed by atoms with E-state index in [0.29, 0.717) is 6.04 Å². The molecule has 0 aliphatic carbocycles. The van der Waals surface area contributed by atoms with E-state index in [-0.39, 0.29) is 0 Å². The van der Waals surface area contributed by atoms with E-state index in [1.54, 1.807) is 6.26 Å². The quantitative estimate of drug-likeness (QED) is 0.862. The number of piperidine rings is 1. The van der Waals surface area contributed by atoms with Gasteiger partial charge in [-0.3, -0.25) is 9.80 Å². The lowest BCUT2D eigenvalue weighted by atomic mass is 10.0. The number of likely N-dealkylation sites (tertiary alicyclic amines) is 1. The molecule has 4 rings (SSSR count). The fraction of sp³-hybridized carbons (Fsp3) is 0.526. The van der Waals surface area contributed by atoms with Crippen LogP contribution in [0.1, 0.15) is 18.5 Å². The van der Waals surface area contributed by atoms with Crippen LogP contribution in [0.25, 0.3) is 0 Å². The van der Waals surface area contributed by atoms with Crippen LogP contribution >= 0.6 is 0 Å². The normalized spacial score (nSPS) is 23.5. The number of hydrogen-bond donors (Lipinski definition) is 0. The molecular formula is C19H26N4O. The maximum atomic E-state index is 4.96. The van der Waals surface area contributed by atoms with Gasteiger partial charge in [-0.2, -0.15) is 0 Å². The molecule has 2 saturated heterocycles. The lowest BCUT2D eigenvalue weighted by Gasteiger charge is -2.43. The molecule has 0 radical (unpaired) electrons. The highest BCUT2D eigenvalue weighted by Crippen LogP contribution is 2.21. The first kappa shape index (κ1) is 15.7. The Morgan fingerprint density at radius 1 is 1.00 bits per heavy atom. The van der Waals surface area contributed by atoms with Crippen LogP contribution in [0.3, 0.4) is 0 Å². The zero-order chi connectivity index (χ0) is 16.2. The Labute approximate surface area is 143 Å². The van der Waals surface area contributed by atoms with Crippen molar-refractivity contribution < 1.29 is 4.52 Å². The smallest absolute Gasteiger partial charge is 0.124 e. The fourth-order valence-electron chi connectivity index (χ4n) is 4.01. The van der Waals surface area contributed by atoms with Crippen molar-refractivity contribution in [1.29, 1.82) is 0 Å². The van der Waals surface area contributed by atoms with Gasteiger partial charge in [0.25, 0.3) is 0 Å². The van der Waals surface area contributed by atoms with Gasteiger partial charge in [-0.25, -0.2) is 0 Å². The second-order valence-corrected chi connectivity index (χ2v) is 6.88. The van der Waals surface area contributed by atoms with E-state index in [1.165, 1.54) is 25.1 Å². The van der Waals surface area contributed by atoms with Crippen LogP contribution in [0.15, 0.2) is 47.2 Å². The van der Waals surface area contributed by atoms with Crippen molar-refractivity contribution in [2.45, 2.75) is 25.4 Å². The Kier molecular flexibility index (Phi) is 4.81. The maximum absolute atomic E-state index is 4.96. The highest BCUT2D eigenvalue weighted by Gasteiger charge is 2.28. The molecule has 0 N–H and O–H groups in total. The highest BCUT2D eigenvalue weighted by atomic mass is 16.5. The molecule has 2 aliphatic rings. The van der Waals surface area contributed by atoms with E-state index in [0.717, 1.165) is 45.0 Å². The third-order valence-corrected chi connectivity index (χ3v) is 5.31. The molecule has 0 spiro atoms. The van der Waals surface area contributed by atoms with Crippen LogP contribution in [0.5, 0.6) is 0 Å². The molecule has 1 aromatic heterocycles. The Morgan fingerprint density at radius 3 is 2.58 bits per heavy atom. The van der Waals surface area contributed by atoms with Crippen molar-refractivity contribution in [3.63, 3.8) is 0 Å². The van der Waals surface area contributed by atoms with Gasteiger partial charge in [0.1, 0.15) is 6.26 Å².